The van der Waals surface area contributed by atoms with Gasteiger partial charge in [0.05, 0.1) is 13.2 Å². The number of ether oxygens (including phenoxy) is 1. The zero-order valence-corrected chi connectivity index (χ0v) is 18.7. The van der Waals surface area contributed by atoms with Gasteiger partial charge in [-0.25, -0.2) is 9.97 Å². The quantitative estimate of drug-likeness (QED) is 0.646. The number of amides is 1. The van der Waals surface area contributed by atoms with E-state index in [4.69, 9.17) is 4.74 Å². The molecule has 2 aromatic carbocycles. The van der Waals surface area contributed by atoms with Gasteiger partial charge in [-0.15, -0.1) is 0 Å². The Labute approximate surface area is 194 Å². The Hall–Kier alpha value is -3.45. The van der Waals surface area contributed by atoms with Crippen LogP contribution in [0.1, 0.15) is 12.8 Å². The Balaban J connectivity index is 1.13. The lowest BCUT2D eigenvalue weighted by Crippen LogP contribution is -2.39. The molecule has 0 aliphatic carbocycles. The average Bonchev–Trinajstić information content (AvgIpc) is 2.90. The minimum absolute atomic E-state index is 0.00348. The van der Waals surface area contributed by atoms with E-state index in [1.165, 1.54) is 5.69 Å². The van der Waals surface area contributed by atoms with Crippen LogP contribution in [-0.2, 0) is 9.53 Å². The van der Waals surface area contributed by atoms with E-state index < -0.39 is 0 Å². The number of hydrogen-bond acceptors (Lipinski definition) is 6. The predicted molar refractivity (Wildman–Crippen MR) is 131 cm³/mol. The molecule has 2 aliphatic rings. The zero-order valence-electron chi connectivity index (χ0n) is 18.7. The standard InChI is InChI=1S/C26H29N5O2/c32-25(29-23-6-8-24(9-7-23)30-14-16-33-17-15-30)21-10-12-31(13-11-21)26-27-18-22(19-28-26)20-4-2-1-3-5-20/h1-9,18-19,21H,10-17H2,(H,29,32). The number of piperidine rings is 1. The van der Waals surface area contributed by atoms with Gasteiger partial charge >= 0.3 is 0 Å². The van der Waals surface area contributed by atoms with Crippen LogP contribution in [0, 0.1) is 5.92 Å². The predicted octanol–water partition coefficient (Wildman–Crippen LogP) is 3.84. The lowest BCUT2D eigenvalue weighted by atomic mass is 9.96. The summed E-state index contributed by atoms with van der Waals surface area (Å²) in [5, 5.41) is 3.09. The summed E-state index contributed by atoms with van der Waals surface area (Å²) in [7, 11) is 0. The van der Waals surface area contributed by atoms with Crippen LogP contribution in [0.4, 0.5) is 17.3 Å². The Morgan fingerprint density at radius 3 is 2.15 bits per heavy atom. The summed E-state index contributed by atoms with van der Waals surface area (Å²) >= 11 is 0. The molecule has 0 radical (unpaired) electrons. The first-order chi connectivity index (χ1) is 16.3. The first kappa shape index (κ1) is 21.4. The summed E-state index contributed by atoms with van der Waals surface area (Å²) in [5.74, 6) is 0.824. The molecule has 1 N–H and O–H groups in total. The smallest absolute Gasteiger partial charge is 0.227 e. The second kappa shape index (κ2) is 10.0. The van der Waals surface area contributed by atoms with Crippen molar-refractivity contribution >= 4 is 23.2 Å². The molecule has 1 aromatic heterocycles. The number of morpholine rings is 1. The van der Waals surface area contributed by atoms with E-state index in [9.17, 15) is 4.79 Å². The largest absolute Gasteiger partial charge is 0.378 e. The topological polar surface area (TPSA) is 70.6 Å². The zero-order chi connectivity index (χ0) is 22.5. The molecule has 33 heavy (non-hydrogen) atoms. The highest BCUT2D eigenvalue weighted by Crippen LogP contribution is 2.25. The number of carbonyl (C=O) groups is 1. The Morgan fingerprint density at radius 1 is 0.818 bits per heavy atom. The number of carbonyl (C=O) groups excluding carboxylic acids is 1. The van der Waals surface area contributed by atoms with Crippen LogP contribution < -0.4 is 15.1 Å². The van der Waals surface area contributed by atoms with E-state index in [-0.39, 0.29) is 11.8 Å². The SMILES string of the molecule is O=C(Nc1ccc(N2CCOCC2)cc1)C1CCN(c2ncc(-c3ccccc3)cn2)CC1. The lowest BCUT2D eigenvalue weighted by molar-refractivity contribution is -0.120. The van der Waals surface area contributed by atoms with Crippen LogP contribution in [0.25, 0.3) is 11.1 Å². The summed E-state index contributed by atoms with van der Waals surface area (Å²) in [4.78, 5) is 26.4. The van der Waals surface area contributed by atoms with E-state index in [1.54, 1.807) is 0 Å². The molecular formula is C26H29N5O2. The molecule has 2 aliphatic heterocycles. The van der Waals surface area contributed by atoms with Crippen LogP contribution in [0.3, 0.4) is 0 Å². The minimum Gasteiger partial charge on any atom is -0.378 e. The van der Waals surface area contributed by atoms with E-state index in [0.717, 1.165) is 75.0 Å². The molecular weight excluding hydrogens is 414 g/mol. The van der Waals surface area contributed by atoms with E-state index >= 15 is 0 Å². The van der Waals surface area contributed by atoms with Crippen molar-refractivity contribution in [1.82, 2.24) is 9.97 Å². The molecule has 5 rings (SSSR count). The van der Waals surface area contributed by atoms with Crippen LogP contribution >= 0.6 is 0 Å². The summed E-state index contributed by atoms with van der Waals surface area (Å²) in [6.45, 7) is 4.89. The fourth-order valence-corrected chi connectivity index (χ4v) is 4.43. The van der Waals surface area contributed by atoms with Crippen molar-refractivity contribution in [2.75, 3.05) is 54.5 Å². The van der Waals surface area contributed by atoms with E-state index in [1.807, 2.05) is 42.7 Å². The molecule has 0 bridgehead atoms. The van der Waals surface area contributed by atoms with Gasteiger partial charge in [0, 0.05) is 61.4 Å². The van der Waals surface area contributed by atoms with Gasteiger partial charge < -0.3 is 19.9 Å². The number of nitrogens with one attached hydrogen (secondary N) is 1. The number of anilines is 3. The van der Waals surface area contributed by atoms with Crippen LogP contribution in [0.5, 0.6) is 0 Å². The summed E-state index contributed by atoms with van der Waals surface area (Å²) in [6, 6.07) is 18.2. The van der Waals surface area contributed by atoms with Crippen molar-refractivity contribution in [1.29, 1.82) is 0 Å². The minimum atomic E-state index is 0.00348. The highest BCUT2D eigenvalue weighted by atomic mass is 16.5. The highest BCUT2D eigenvalue weighted by Gasteiger charge is 2.26. The number of benzene rings is 2. The molecule has 0 spiro atoms. The molecule has 0 unspecified atom stereocenters. The molecule has 0 atom stereocenters. The van der Waals surface area contributed by atoms with Crippen molar-refractivity contribution in [3.8, 4) is 11.1 Å². The lowest BCUT2D eigenvalue weighted by Gasteiger charge is -2.31. The van der Waals surface area contributed by atoms with Crippen molar-refractivity contribution in [2.45, 2.75) is 12.8 Å². The van der Waals surface area contributed by atoms with Gasteiger partial charge in [-0.05, 0) is 42.7 Å². The van der Waals surface area contributed by atoms with Gasteiger partial charge in [0.15, 0.2) is 0 Å². The number of nitrogens with zero attached hydrogens (tertiary/aromatic N) is 4. The third-order valence-electron chi connectivity index (χ3n) is 6.40. The molecule has 7 nitrogen and oxygen atoms in total. The molecule has 0 saturated carbocycles. The number of aromatic nitrogens is 2. The summed E-state index contributed by atoms with van der Waals surface area (Å²) in [5.41, 5.74) is 4.13. The third kappa shape index (κ3) is 5.14. The maximum atomic E-state index is 12.8. The fourth-order valence-electron chi connectivity index (χ4n) is 4.43. The fraction of sp³-hybridized carbons (Fsp3) is 0.346. The van der Waals surface area contributed by atoms with Crippen molar-refractivity contribution in [2.24, 2.45) is 5.92 Å². The van der Waals surface area contributed by atoms with Crippen LogP contribution in [0.2, 0.25) is 0 Å². The highest BCUT2D eigenvalue weighted by molar-refractivity contribution is 5.92. The molecule has 3 heterocycles. The summed E-state index contributed by atoms with van der Waals surface area (Å²) in [6.07, 6.45) is 5.33. The Kier molecular flexibility index (Phi) is 6.48. The number of rotatable bonds is 5. The van der Waals surface area contributed by atoms with Gasteiger partial charge in [-0.3, -0.25) is 4.79 Å². The molecule has 2 fully saturated rings. The van der Waals surface area contributed by atoms with Gasteiger partial charge in [-0.1, -0.05) is 30.3 Å². The molecule has 7 heteroatoms. The molecule has 1 amide bonds. The van der Waals surface area contributed by atoms with Crippen LogP contribution in [0.15, 0.2) is 67.0 Å². The van der Waals surface area contributed by atoms with Gasteiger partial charge in [0.1, 0.15) is 0 Å². The van der Waals surface area contributed by atoms with Gasteiger partial charge in [-0.2, -0.15) is 0 Å². The first-order valence-corrected chi connectivity index (χ1v) is 11.6. The van der Waals surface area contributed by atoms with Crippen molar-refractivity contribution in [3.63, 3.8) is 0 Å². The Bertz CT molecular complexity index is 1040. The maximum absolute atomic E-state index is 12.8. The Morgan fingerprint density at radius 2 is 1.48 bits per heavy atom. The molecule has 170 valence electrons. The van der Waals surface area contributed by atoms with Crippen molar-refractivity contribution < 1.29 is 9.53 Å². The van der Waals surface area contributed by atoms with Crippen LogP contribution in [-0.4, -0.2) is 55.3 Å². The second-order valence-corrected chi connectivity index (χ2v) is 8.53. The number of hydrogen-bond donors (Lipinski definition) is 1. The molecule has 2 saturated heterocycles. The second-order valence-electron chi connectivity index (χ2n) is 8.53. The maximum Gasteiger partial charge on any atom is 0.227 e. The van der Waals surface area contributed by atoms with E-state index in [0.29, 0.717) is 0 Å². The first-order valence-electron chi connectivity index (χ1n) is 11.6. The van der Waals surface area contributed by atoms with E-state index in [2.05, 4.69) is 49.4 Å². The average molecular weight is 444 g/mol. The normalized spacial score (nSPS) is 17.1. The summed E-state index contributed by atoms with van der Waals surface area (Å²) < 4.78 is 5.41. The van der Waals surface area contributed by atoms with Gasteiger partial charge in [0.2, 0.25) is 11.9 Å². The third-order valence-corrected chi connectivity index (χ3v) is 6.40. The monoisotopic (exact) mass is 443 g/mol. The van der Waals surface area contributed by atoms with Gasteiger partial charge in [0.25, 0.3) is 0 Å². The van der Waals surface area contributed by atoms with Crippen molar-refractivity contribution in [3.05, 3.63) is 67.0 Å². The molecule has 3 aromatic rings.